The van der Waals surface area contributed by atoms with Crippen molar-refractivity contribution < 1.29 is 14.3 Å². The van der Waals surface area contributed by atoms with E-state index in [4.69, 9.17) is 15.3 Å². The van der Waals surface area contributed by atoms with Gasteiger partial charge in [-0.2, -0.15) is 0 Å². The highest BCUT2D eigenvalue weighted by Crippen LogP contribution is 2.29. The van der Waals surface area contributed by atoms with Crippen molar-refractivity contribution in [3.8, 4) is 11.5 Å². The average molecular weight is 288 g/mol. The Kier molecular flexibility index (Phi) is 4.57. The molecule has 1 amide bonds. The first-order valence-corrected chi connectivity index (χ1v) is 6.15. The van der Waals surface area contributed by atoms with Gasteiger partial charge < -0.3 is 20.2 Å². The number of nitrogens with two attached hydrogens (primary N) is 1. The fraction of sp³-hybridized carbons (Fsp3) is 0.143. The van der Waals surface area contributed by atoms with Crippen LogP contribution in [0.3, 0.4) is 0 Å². The third-order valence-corrected chi connectivity index (χ3v) is 2.78. The van der Waals surface area contributed by atoms with Crippen LogP contribution in [0.15, 0.2) is 36.4 Å². The maximum Gasteiger partial charge on any atom is 0.274 e. The van der Waals surface area contributed by atoms with E-state index < -0.39 is 0 Å². The third kappa shape index (κ3) is 3.40. The van der Waals surface area contributed by atoms with Gasteiger partial charge in [0, 0.05) is 6.07 Å². The van der Waals surface area contributed by atoms with E-state index >= 15 is 0 Å². The molecule has 0 fully saturated rings. The number of benzene rings is 1. The van der Waals surface area contributed by atoms with Crippen molar-refractivity contribution in [3.63, 3.8) is 0 Å². The lowest BCUT2D eigenvalue weighted by atomic mass is 10.2. The number of amides is 1. The molecule has 7 nitrogen and oxygen atoms in total. The van der Waals surface area contributed by atoms with Crippen molar-refractivity contribution in [2.75, 3.05) is 25.0 Å². The van der Waals surface area contributed by atoms with E-state index in [9.17, 15) is 4.79 Å². The molecule has 1 heterocycles. The lowest BCUT2D eigenvalue weighted by Gasteiger charge is -2.11. The van der Waals surface area contributed by atoms with Crippen molar-refractivity contribution >= 4 is 17.4 Å². The summed E-state index contributed by atoms with van der Waals surface area (Å²) in [6.45, 7) is 0. The van der Waals surface area contributed by atoms with Crippen LogP contribution in [-0.4, -0.2) is 25.1 Å². The molecule has 0 saturated heterocycles. The summed E-state index contributed by atoms with van der Waals surface area (Å²) in [4.78, 5) is 16.3. The fourth-order valence-corrected chi connectivity index (χ4v) is 1.74. The molecule has 2 rings (SSSR count). The Morgan fingerprint density at radius 1 is 1.19 bits per heavy atom. The summed E-state index contributed by atoms with van der Waals surface area (Å²) in [5.74, 6) is 6.43. The number of hydrogen-bond acceptors (Lipinski definition) is 6. The highest BCUT2D eigenvalue weighted by molar-refractivity contribution is 6.04. The molecular weight excluding hydrogens is 272 g/mol. The minimum atomic E-state index is -0.376. The number of nitrogens with one attached hydrogen (secondary N) is 2. The smallest absolute Gasteiger partial charge is 0.274 e. The van der Waals surface area contributed by atoms with Gasteiger partial charge in [-0.3, -0.25) is 4.79 Å². The molecule has 0 atom stereocenters. The molecule has 4 N–H and O–H groups in total. The van der Waals surface area contributed by atoms with Gasteiger partial charge in [0.25, 0.3) is 5.91 Å². The first kappa shape index (κ1) is 14.6. The number of hydrogen-bond donors (Lipinski definition) is 3. The molecule has 0 unspecified atom stereocenters. The molecule has 0 aliphatic heterocycles. The van der Waals surface area contributed by atoms with E-state index in [-0.39, 0.29) is 11.6 Å². The summed E-state index contributed by atoms with van der Waals surface area (Å²) in [5, 5.41) is 2.73. The molecule has 2 aromatic rings. The summed E-state index contributed by atoms with van der Waals surface area (Å²) in [7, 11) is 3.07. The van der Waals surface area contributed by atoms with Gasteiger partial charge in [-0.05, 0) is 24.3 Å². The van der Waals surface area contributed by atoms with Crippen molar-refractivity contribution in [2.45, 2.75) is 0 Å². The van der Waals surface area contributed by atoms with Crippen molar-refractivity contribution in [1.29, 1.82) is 0 Å². The second-order valence-corrected chi connectivity index (χ2v) is 4.07. The second-order valence-electron chi connectivity index (χ2n) is 4.07. The zero-order chi connectivity index (χ0) is 15.2. The number of rotatable bonds is 5. The monoisotopic (exact) mass is 288 g/mol. The lowest BCUT2D eigenvalue weighted by Crippen LogP contribution is -2.16. The Bertz CT molecular complexity index is 646. The SMILES string of the molecule is COc1ccc(OC)c(NC(=O)c2cccc(NN)n2)c1. The molecule has 110 valence electrons. The van der Waals surface area contributed by atoms with Crippen LogP contribution < -0.4 is 26.1 Å². The molecule has 0 bridgehead atoms. The van der Waals surface area contributed by atoms with Crippen molar-refractivity contribution in [1.82, 2.24) is 4.98 Å². The van der Waals surface area contributed by atoms with Crippen LogP contribution in [0.25, 0.3) is 0 Å². The number of nitrogen functional groups attached to an aromatic ring is 1. The van der Waals surface area contributed by atoms with Crippen LogP contribution in [0, 0.1) is 0 Å². The van der Waals surface area contributed by atoms with Crippen LogP contribution in [0.2, 0.25) is 0 Å². The number of carbonyl (C=O) groups excluding carboxylic acids is 1. The number of aromatic nitrogens is 1. The van der Waals surface area contributed by atoms with Crippen molar-refractivity contribution in [2.24, 2.45) is 5.84 Å². The maximum absolute atomic E-state index is 12.2. The van der Waals surface area contributed by atoms with Crippen LogP contribution >= 0.6 is 0 Å². The lowest BCUT2D eigenvalue weighted by molar-refractivity contribution is 0.102. The van der Waals surface area contributed by atoms with E-state index in [1.165, 1.54) is 7.11 Å². The van der Waals surface area contributed by atoms with Gasteiger partial charge >= 0.3 is 0 Å². The summed E-state index contributed by atoms with van der Waals surface area (Å²) < 4.78 is 10.3. The Balaban J connectivity index is 2.25. The number of pyridine rings is 1. The number of hydrazine groups is 1. The predicted molar refractivity (Wildman–Crippen MR) is 79.5 cm³/mol. The number of carbonyl (C=O) groups is 1. The van der Waals surface area contributed by atoms with Gasteiger partial charge in [0.1, 0.15) is 23.0 Å². The van der Waals surface area contributed by atoms with E-state index in [1.54, 1.807) is 43.5 Å². The standard InChI is InChI=1S/C14H16N4O3/c1-20-9-6-7-12(21-2)11(8-9)17-14(19)10-4-3-5-13(16-10)18-15/h3-8H,15H2,1-2H3,(H,16,18)(H,17,19). The molecule has 0 radical (unpaired) electrons. The van der Waals surface area contributed by atoms with Gasteiger partial charge in [-0.1, -0.05) is 6.07 Å². The molecule has 1 aromatic carbocycles. The molecule has 0 aliphatic rings. The topological polar surface area (TPSA) is 98.5 Å². The zero-order valence-electron chi connectivity index (χ0n) is 11.7. The zero-order valence-corrected chi connectivity index (χ0v) is 11.7. The third-order valence-electron chi connectivity index (χ3n) is 2.78. The number of anilines is 2. The van der Waals surface area contributed by atoms with Gasteiger partial charge in [0.05, 0.1) is 19.9 Å². The van der Waals surface area contributed by atoms with E-state index in [1.807, 2.05) is 0 Å². The molecular formula is C14H16N4O3. The van der Waals surface area contributed by atoms with Crippen LogP contribution in [0.1, 0.15) is 10.5 Å². The van der Waals surface area contributed by atoms with Crippen LogP contribution in [-0.2, 0) is 0 Å². The normalized spacial score (nSPS) is 9.86. The number of methoxy groups -OCH3 is 2. The molecule has 0 aliphatic carbocycles. The Morgan fingerprint density at radius 2 is 2.00 bits per heavy atom. The van der Waals surface area contributed by atoms with Gasteiger partial charge in [-0.15, -0.1) is 0 Å². The molecule has 1 aromatic heterocycles. The number of nitrogens with zero attached hydrogens (tertiary/aromatic N) is 1. The van der Waals surface area contributed by atoms with Crippen molar-refractivity contribution in [3.05, 3.63) is 42.1 Å². The molecule has 0 saturated carbocycles. The first-order valence-electron chi connectivity index (χ1n) is 6.15. The van der Waals surface area contributed by atoms with Crippen LogP contribution in [0.5, 0.6) is 11.5 Å². The van der Waals surface area contributed by atoms with Gasteiger partial charge in [0.2, 0.25) is 0 Å². The highest BCUT2D eigenvalue weighted by Gasteiger charge is 2.12. The predicted octanol–water partition coefficient (Wildman–Crippen LogP) is 1.64. The fourth-order valence-electron chi connectivity index (χ4n) is 1.74. The van der Waals surface area contributed by atoms with Crippen LogP contribution in [0.4, 0.5) is 11.5 Å². The number of ether oxygens (including phenoxy) is 2. The Morgan fingerprint density at radius 3 is 2.67 bits per heavy atom. The van der Waals surface area contributed by atoms with E-state index in [0.717, 1.165) is 0 Å². The quantitative estimate of drug-likeness (QED) is 0.571. The Hall–Kier alpha value is -2.80. The summed E-state index contributed by atoms with van der Waals surface area (Å²) in [5.41, 5.74) is 3.12. The second kappa shape index (κ2) is 6.58. The van der Waals surface area contributed by atoms with E-state index in [0.29, 0.717) is 23.0 Å². The molecule has 7 heteroatoms. The Labute approximate surface area is 122 Å². The first-order chi connectivity index (χ1) is 10.2. The minimum absolute atomic E-state index is 0.232. The summed E-state index contributed by atoms with van der Waals surface area (Å²) in [6, 6.07) is 10.0. The molecule has 21 heavy (non-hydrogen) atoms. The average Bonchev–Trinajstić information content (AvgIpc) is 2.54. The molecule has 0 spiro atoms. The maximum atomic E-state index is 12.2. The van der Waals surface area contributed by atoms with Gasteiger partial charge in [-0.25, -0.2) is 10.8 Å². The largest absolute Gasteiger partial charge is 0.497 e. The highest BCUT2D eigenvalue weighted by atomic mass is 16.5. The summed E-state index contributed by atoms with van der Waals surface area (Å²) in [6.07, 6.45) is 0. The van der Waals surface area contributed by atoms with E-state index in [2.05, 4.69) is 15.7 Å². The van der Waals surface area contributed by atoms with Gasteiger partial charge in [0.15, 0.2) is 0 Å². The minimum Gasteiger partial charge on any atom is -0.497 e. The summed E-state index contributed by atoms with van der Waals surface area (Å²) >= 11 is 0.